The molecule has 1 amide bonds. The molecule has 5 aliphatic carbocycles. The Morgan fingerprint density at radius 1 is 1.05 bits per heavy atom. The Hall–Kier alpha value is -0.180. The molecule has 0 unspecified atom stereocenters. The molecule has 5 fully saturated rings. The van der Waals surface area contributed by atoms with Gasteiger partial charge in [0, 0.05) is 10.8 Å². The zero-order valence-electron chi connectivity index (χ0n) is 14.0. The maximum atomic E-state index is 12.4. The van der Waals surface area contributed by atoms with Crippen LogP contribution in [0.1, 0.15) is 71.1 Å². The van der Waals surface area contributed by atoms with Gasteiger partial charge in [0.25, 0.3) is 0 Å². The second-order valence-electron chi connectivity index (χ2n) is 8.82. The van der Waals surface area contributed by atoms with Crippen LogP contribution < -0.4 is 5.32 Å². The molecule has 2 atom stereocenters. The highest BCUT2D eigenvalue weighted by Crippen LogP contribution is 2.60. The van der Waals surface area contributed by atoms with Crippen molar-refractivity contribution in [3.63, 3.8) is 0 Å². The molecule has 4 bridgehead atoms. The van der Waals surface area contributed by atoms with Crippen molar-refractivity contribution in [2.45, 2.75) is 81.9 Å². The Kier molecular flexibility index (Phi) is 4.21. The molecule has 1 N–H and O–H groups in total. The maximum Gasteiger partial charge on any atom is 0.230 e. The van der Waals surface area contributed by atoms with Crippen LogP contribution in [0, 0.1) is 23.7 Å². The zero-order valence-corrected chi connectivity index (χ0v) is 14.8. The third-order valence-electron chi connectivity index (χ3n) is 6.95. The third kappa shape index (κ3) is 3.07. The lowest BCUT2D eigenvalue weighted by Gasteiger charge is -2.56. The molecule has 0 spiro atoms. The molecule has 3 heteroatoms. The molecule has 22 heavy (non-hydrogen) atoms. The van der Waals surface area contributed by atoms with Gasteiger partial charge >= 0.3 is 0 Å². The first kappa shape index (κ1) is 15.4. The SMILES string of the molecule is C[C@H]1CCCC[C@H]1NC(=O)CSC12CC3CC(CC(C3)C1)C2. The summed E-state index contributed by atoms with van der Waals surface area (Å²) in [6.07, 6.45) is 13.8. The minimum absolute atomic E-state index is 0.305. The molecule has 0 aliphatic heterocycles. The van der Waals surface area contributed by atoms with Gasteiger partial charge in [0.1, 0.15) is 0 Å². The Morgan fingerprint density at radius 3 is 2.23 bits per heavy atom. The third-order valence-corrected chi connectivity index (χ3v) is 8.47. The average Bonchev–Trinajstić information content (AvgIpc) is 2.46. The summed E-state index contributed by atoms with van der Waals surface area (Å²) in [7, 11) is 0. The van der Waals surface area contributed by atoms with Gasteiger partial charge in [-0.05, 0) is 75.0 Å². The van der Waals surface area contributed by atoms with Crippen molar-refractivity contribution in [3.05, 3.63) is 0 Å². The quantitative estimate of drug-likeness (QED) is 0.832. The van der Waals surface area contributed by atoms with Crippen molar-refractivity contribution in [2.24, 2.45) is 23.7 Å². The van der Waals surface area contributed by atoms with E-state index >= 15 is 0 Å². The van der Waals surface area contributed by atoms with Gasteiger partial charge in [-0.1, -0.05) is 19.8 Å². The van der Waals surface area contributed by atoms with E-state index in [0.717, 1.165) is 17.8 Å². The lowest BCUT2D eigenvalue weighted by molar-refractivity contribution is -0.119. The van der Waals surface area contributed by atoms with E-state index in [9.17, 15) is 4.79 Å². The van der Waals surface area contributed by atoms with Crippen LogP contribution in [-0.4, -0.2) is 22.4 Å². The Balaban J connectivity index is 1.30. The highest BCUT2D eigenvalue weighted by molar-refractivity contribution is 8.01. The first-order valence-corrected chi connectivity index (χ1v) is 10.5. The highest BCUT2D eigenvalue weighted by atomic mass is 32.2. The predicted octanol–water partition coefficient (Wildman–Crippen LogP) is 4.38. The van der Waals surface area contributed by atoms with Gasteiger partial charge in [0.2, 0.25) is 5.91 Å². The minimum Gasteiger partial charge on any atom is -0.352 e. The van der Waals surface area contributed by atoms with Crippen LogP contribution in [-0.2, 0) is 4.79 Å². The van der Waals surface area contributed by atoms with Crippen molar-refractivity contribution in [1.29, 1.82) is 0 Å². The van der Waals surface area contributed by atoms with E-state index < -0.39 is 0 Å². The van der Waals surface area contributed by atoms with Gasteiger partial charge in [-0.2, -0.15) is 0 Å². The summed E-state index contributed by atoms with van der Waals surface area (Å²) in [6.45, 7) is 2.30. The average molecular weight is 322 g/mol. The summed E-state index contributed by atoms with van der Waals surface area (Å²) in [5.41, 5.74) is 0. The summed E-state index contributed by atoms with van der Waals surface area (Å²) in [5.74, 6) is 4.64. The van der Waals surface area contributed by atoms with E-state index in [0.29, 0.717) is 28.4 Å². The number of carbonyl (C=O) groups excluding carboxylic acids is 1. The number of hydrogen-bond acceptors (Lipinski definition) is 2. The molecular formula is C19H31NOS. The molecule has 5 rings (SSSR count). The highest BCUT2D eigenvalue weighted by Gasteiger charge is 2.51. The van der Waals surface area contributed by atoms with Gasteiger partial charge in [0.05, 0.1) is 5.75 Å². The molecule has 2 nitrogen and oxygen atoms in total. The van der Waals surface area contributed by atoms with Crippen LogP contribution in [0.2, 0.25) is 0 Å². The molecule has 0 heterocycles. The van der Waals surface area contributed by atoms with Crippen molar-refractivity contribution in [1.82, 2.24) is 5.32 Å². The molecule has 0 aromatic rings. The van der Waals surface area contributed by atoms with Crippen LogP contribution in [0.25, 0.3) is 0 Å². The molecule has 0 radical (unpaired) electrons. The summed E-state index contributed by atoms with van der Waals surface area (Å²) >= 11 is 2.02. The van der Waals surface area contributed by atoms with Crippen LogP contribution in [0.15, 0.2) is 0 Å². The predicted molar refractivity (Wildman–Crippen MR) is 92.9 cm³/mol. The van der Waals surface area contributed by atoms with Gasteiger partial charge in [-0.15, -0.1) is 11.8 Å². The smallest absolute Gasteiger partial charge is 0.230 e. The zero-order chi connectivity index (χ0) is 15.2. The Bertz CT molecular complexity index is 400. The van der Waals surface area contributed by atoms with Crippen molar-refractivity contribution in [2.75, 3.05) is 5.75 Å². The fourth-order valence-electron chi connectivity index (χ4n) is 6.21. The standard InChI is InChI=1S/C19H31NOS/c1-13-4-2-3-5-17(13)20-18(21)12-22-19-9-14-6-15(10-19)8-16(7-14)11-19/h13-17H,2-12H2,1H3,(H,20,21)/t13-,14?,15?,16?,17+,19?/m0/s1. The Labute approximate surface area is 139 Å². The molecule has 5 saturated carbocycles. The maximum absolute atomic E-state index is 12.4. The van der Waals surface area contributed by atoms with E-state index in [4.69, 9.17) is 0 Å². The molecule has 0 saturated heterocycles. The number of rotatable bonds is 4. The van der Waals surface area contributed by atoms with Crippen LogP contribution in [0.4, 0.5) is 0 Å². The lowest BCUT2D eigenvalue weighted by Crippen LogP contribution is -2.49. The van der Waals surface area contributed by atoms with Crippen LogP contribution in [0.3, 0.4) is 0 Å². The van der Waals surface area contributed by atoms with Crippen molar-refractivity contribution in [3.8, 4) is 0 Å². The molecule has 5 aliphatic rings. The topological polar surface area (TPSA) is 29.1 Å². The van der Waals surface area contributed by atoms with Crippen LogP contribution >= 0.6 is 11.8 Å². The van der Waals surface area contributed by atoms with E-state index in [1.54, 1.807) is 0 Å². The number of carbonyl (C=O) groups is 1. The first-order chi connectivity index (χ1) is 10.6. The minimum atomic E-state index is 0.305. The van der Waals surface area contributed by atoms with E-state index in [1.807, 2.05) is 11.8 Å². The molecule has 0 aromatic heterocycles. The number of amides is 1. The second-order valence-corrected chi connectivity index (χ2v) is 10.3. The summed E-state index contributed by atoms with van der Waals surface area (Å²) in [4.78, 5) is 12.4. The molecule has 124 valence electrons. The van der Waals surface area contributed by atoms with Gasteiger partial charge in [-0.3, -0.25) is 4.79 Å². The monoisotopic (exact) mass is 321 g/mol. The fourth-order valence-corrected chi connectivity index (χ4v) is 7.79. The van der Waals surface area contributed by atoms with E-state index in [-0.39, 0.29) is 0 Å². The van der Waals surface area contributed by atoms with Gasteiger partial charge in [-0.25, -0.2) is 0 Å². The van der Waals surface area contributed by atoms with Crippen molar-refractivity contribution >= 4 is 17.7 Å². The molecule has 0 aromatic carbocycles. The van der Waals surface area contributed by atoms with Crippen LogP contribution in [0.5, 0.6) is 0 Å². The number of thioether (sulfide) groups is 1. The Morgan fingerprint density at radius 2 is 1.64 bits per heavy atom. The second kappa shape index (κ2) is 6.03. The van der Waals surface area contributed by atoms with E-state index in [2.05, 4.69) is 12.2 Å². The summed E-state index contributed by atoms with van der Waals surface area (Å²) < 4.78 is 0.476. The first-order valence-electron chi connectivity index (χ1n) is 9.55. The van der Waals surface area contributed by atoms with Gasteiger partial charge < -0.3 is 5.32 Å². The number of hydrogen-bond donors (Lipinski definition) is 1. The summed E-state index contributed by atoms with van der Waals surface area (Å²) in [6, 6.07) is 0.443. The fraction of sp³-hybridized carbons (Fsp3) is 0.947. The lowest BCUT2D eigenvalue weighted by atomic mass is 9.56. The largest absolute Gasteiger partial charge is 0.352 e. The number of nitrogens with one attached hydrogen (secondary N) is 1. The van der Waals surface area contributed by atoms with Gasteiger partial charge in [0.15, 0.2) is 0 Å². The normalized spacial score (nSPS) is 46.7. The summed E-state index contributed by atoms with van der Waals surface area (Å²) in [5, 5.41) is 3.34. The van der Waals surface area contributed by atoms with E-state index in [1.165, 1.54) is 64.2 Å². The molecular weight excluding hydrogens is 290 g/mol. The van der Waals surface area contributed by atoms with Crippen molar-refractivity contribution < 1.29 is 4.79 Å².